The summed E-state index contributed by atoms with van der Waals surface area (Å²) >= 11 is 0. The Morgan fingerprint density at radius 3 is 2.45 bits per heavy atom. The maximum absolute atomic E-state index is 12.5. The van der Waals surface area contributed by atoms with Crippen molar-refractivity contribution in [2.45, 2.75) is 20.3 Å². The van der Waals surface area contributed by atoms with Gasteiger partial charge in [0.1, 0.15) is 0 Å². The lowest BCUT2D eigenvalue weighted by Crippen LogP contribution is -2.30. The van der Waals surface area contributed by atoms with E-state index in [-0.39, 0.29) is 5.91 Å². The highest BCUT2D eigenvalue weighted by molar-refractivity contribution is 5.97. The Morgan fingerprint density at radius 2 is 1.75 bits per heavy atom. The van der Waals surface area contributed by atoms with Gasteiger partial charge in [0, 0.05) is 18.7 Å². The van der Waals surface area contributed by atoms with E-state index in [0.717, 1.165) is 52.9 Å². The second-order valence-corrected chi connectivity index (χ2v) is 6.06. The lowest BCUT2D eigenvalue weighted by atomic mass is 10.1. The van der Waals surface area contributed by atoms with Crippen molar-refractivity contribution in [2.24, 2.45) is 11.8 Å². The Morgan fingerprint density at radius 1 is 1.10 bits per heavy atom. The van der Waals surface area contributed by atoms with Gasteiger partial charge in [-0.25, -0.2) is 9.97 Å². The zero-order chi connectivity index (χ0) is 13.9. The molecule has 1 aliphatic carbocycles. The van der Waals surface area contributed by atoms with E-state index in [4.69, 9.17) is 0 Å². The molecule has 102 valence electrons. The summed E-state index contributed by atoms with van der Waals surface area (Å²) in [5.41, 5.74) is 4.26. The fourth-order valence-electron chi connectivity index (χ4n) is 3.11. The lowest BCUT2D eigenvalue weighted by Gasteiger charge is -2.18. The molecule has 1 aromatic heterocycles. The number of carbonyl (C=O) groups excluding carboxylic acids is 1. The highest BCUT2D eigenvalue weighted by Crippen LogP contribution is 2.45. The van der Waals surface area contributed by atoms with Gasteiger partial charge in [0.2, 0.25) is 0 Å². The molecular formula is C16H17N3O. The van der Waals surface area contributed by atoms with Gasteiger partial charge >= 0.3 is 0 Å². The largest absolute Gasteiger partial charge is 0.338 e. The Balaban J connectivity index is 1.69. The van der Waals surface area contributed by atoms with Crippen molar-refractivity contribution in [3.8, 4) is 0 Å². The van der Waals surface area contributed by atoms with Gasteiger partial charge in [-0.15, -0.1) is 0 Å². The molecule has 2 aromatic rings. The number of nitrogens with zero attached hydrogens (tertiary/aromatic N) is 3. The summed E-state index contributed by atoms with van der Waals surface area (Å²) in [5, 5.41) is 0. The molecule has 4 rings (SSSR count). The van der Waals surface area contributed by atoms with Crippen molar-refractivity contribution in [3.63, 3.8) is 0 Å². The highest BCUT2D eigenvalue weighted by Gasteiger charge is 2.46. The van der Waals surface area contributed by atoms with Crippen LogP contribution in [0.1, 0.15) is 28.2 Å². The number of rotatable bonds is 1. The molecule has 1 aromatic carbocycles. The van der Waals surface area contributed by atoms with Gasteiger partial charge in [-0.1, -0.05) is 0 Å². The van der Waals surface area contributed by atoms with Crippen molar-refractivity contribution in [1.82, 2.24) is 14.9 Å². The molecule has 0 spiro atoms. The SMILES string of the molecule is Cc1nc2ccc(C(=O)N3CC4CC4C3)cc2nc1C. The van der Waals surface area contributed by atoms with E-state index in [9.17, 15) is 4.79 Å². The van der Waals surface area contributed by atoms with Crippen LogP contribution in [0.2, 0.25) is 0 Å². The first-order chi connectivity index (χ1) is 9.61. The third-order valence-electron chi connectivity index (χ3n) is 4.59. The van der Waals surface area contributed by atoms with Crippen LogP contribution in [-0.2, 0) is 0 Å². The predicted molar refractivity (Wildman–Crippen MR) is 76.5 cm³/mol. The van der Waals surface area contributed by atoms with E-state index in [1.165, 1.54) is 6.42 Å². The van der Waals surface area contributed by atoms with Crippen LogP contribution in [-0.4, -0.2) is 33.9 Å². The van der Waals surface area contributed by atoms with Gasteiger partial charge in [0.25, 0.3) is 5.91 Å². The minimum Gasteiger partial charge on any atom is -0.338 e. The van der Waals surface area contributed by atoms with Gasteiger partial charge < -0.3 is 4.90 Å². The molecule has 0 N–H and O–H groups in total. The molecule has 2 aliphatic rings. The molecule has 4 nitrogen and oxygen atoms in total. The number of piperidine rings is 1. The Kier molecular flexibility index (Phi) is 2.37. The van der Waals surface area contributed by atoms with Crippen molar-refractivity contribution in [3.05, 3.63) is 35.2 Å². The van der Waals surface area contributed by atoms with Crippen LogP contribution in [0.5, 0.6) is 0 Å². The third kappa shape index (κ3) is 1.79. The zero-order valence-electron chi connectivity index (χ0n) is 11.8. The summed E-state index contributed by atoms with van der Waals surface area (Å²) < 4.78 is 0. The number of fused-ring (bicyclic) bond motifs is 2. The first-order valence-electron chi connectivity index (χ1n) is 7.16. The van der Waals surface area contributed by atoms with Crippen LogP contribution >= 0.6 is 0 Å². The van der Waals surface area contributed by atoms with Gasteiger partial charge in [-0.05, 0) is 50.3 Å². The molecule has 1 saturated heterocycles. The number of likely N-dealkylation sites (tertiary alicyclic amines) is 1. The summed E-state index contributed by atoms with van der Waals surface area (Å²) in [5.74, 6) is 1.67. The first-order valence-corrected chi connectivity index (χ1v) is 7.16. The summed E-state index contributed by atoms with van der Waals surface area (Å²) in [7, 11) is 0. The van der Waals surface area contributed by atoms with Crippen molar-refractivity contribution in [2.75, 3.05) is 13.1 Å². The van der Waals surface area contributed by atoms with Crippen LogP contribution in [0.3, 0.4) is 0 Å². The summed E-state index contributed by atoms with van der Waals surface area (Å²) in [4.78, 5) is 23.5. The molecule has 20 heavy (non-hydrogen) atoms. The molecule has 4 heteroatoms. The average Bonchev–Trinajstić information content (AvgIpc) is 3.05. The van der Waals surface area contributed by atoms with E-state index >= 15 is 0 Å². The standard InChI is InChI=1S/C16H17N3O/c1-9-10(2)18-15-6-11(3-4-14(15)17-9)16(20)19-7-12-5-13(12)8-19/h3-4,6,12-13H,5,7-8H2,1-2H3. The molecule has 0 radical (unpaired) electrons. The molecule has 2 unspecified atom stereocenters. The van der Waals surface area contributed by atoms with E-state index in [0.29, 0.717) is 0 Å². The molecule has 2 heterocycles. The summed E-state index contributed by atoms with van der Waals surface area (Å²) in [6, 6.07) is 5.65. The topological polar surface area (TPSA) is 46.1 Å². The third-order valence-corrected chi connectivity index (χ3v) is 4.59. The number of carbonyl (C=O) groups is 1. The molecule has 1 aliphatic heterocycles. The lowest BCUT2D eigenvalue weighted by molar-refractivity contribution is 0.0775. The highest BCUT2D eigenvalue weighted by atomic mass is 16.2. The van der Waals surface area contributed by atoms with Gasteiger partial charge in [0.15, 0.2) is 0 Å². The van der Waals surface area contributed by atoms with Crippen LogP contribution < -0.4 is 0 Å². The van der Waals surface area contributed by atoms with Gasteiger partial charge in [-0.2, -0.15) is 0 Å². The number of aromatic nitrogens is 2. The molecular weight excluding hydrogens is 250 g/mol. The van der Waals surface area contributed by atoms with Crippen LogP contribution in [0.4, 0.5) is 0 Å². The number of hydrogen-bond acceptors (Lipinski definition) is 3. The summed E-state index contributed by atoms with van der Waals surface area (Å²) in [6.45, 7) is 5.77. The quantitative estimate of drug-likeness (QED) is 0.796. The minimum absolute atomic E-state index is 0.138. The zero-order valence-corrected chi connectivity index (χ0v) is 11.8. The van der Waals surface area contributed by atoms with Crippen molar-refractivity contribution < 1.29 is 4.79 Å². The Hall–Kier alpha value is -1.97. The van der Waals surface area contributed by atoms with Crippen molar-refractivity contribution in [1.29, 1.82) is 0 Å². The summed E-state index contributed by atoms with van der Waals surface area (Å²) in [6.07, 6.45) is 1.31. The fourth-order valence-corrected chi connectivity index (χ4v) is 3.11. The number of aryl methyl sites for hydroxylation is 2. The number of hydrogen-bond donors (Lipinski definition) is 0. The van der Waals surface area contributed by atoms with Crippen molar-refractivity contribution >= 4 is 16.9 Å². The molecule has 1 amide bonds. The average molecular weight is 267 g/mol. The first kappa shape index (κ1) is 11.8. The molecule has 2 atom stereocenters. The normalized spacial score (nSPS) is 24.0. The fraction of sp³-hybridized carbons (Fsp3) is 0.438. The van der Waals surface area contributed by atoms with Crippen LogP contribution in [0.25, 0.3) is 11.0 Å². The van der Waals surface area contributed by atoms with E-state index in [1.807, 2.05) is 36.9 Å². The molecule has 1 saturated carbocycles. The predicted octanol–water partition coefficient (Wildman–Crippen LogP) is 2.34. The second-order valence-electron chi connectivity index (χ2n) is 6.06. The van der Waals surface area contributed by atoms with E-state index in [1.54, 1.807) is 0 Å². The van der Waals surface area contributed by atoms with E-state index < -0.39 is 0 Å². The monoisotopic (exact) mass is 267 g/mol. The molecule has 0 bridgehead atoms. The Labute approximate surface area is 117 Å². The number of benzene rings is 1. The minimum atomic E-state index is 0.138. The van der Waals surface area contributed by atoms with Crippen LogP contribution in [0, 0.1) is 25.7 Å². The Bertz CT molecular complexity index is 715. The maximum Gasteiger partial charge on any atom is 0.253 e. The molecule has 2 fully saturated rings. The van der Waals surface area contributed by atoms with Gasteiger partial charge in [-0.3, -0.25) is 4.79 Å². The second kappa shape index (κ2) is 4.01. The van der Waals surface area contributed by atoms with Crippen LogP contribution in [0.15, 0.2) is 18.2 Å². The van der Waals surface area contributed by atoms with Gasteiger partial charge in [0.05, 0.1) is 22.4 Å². The number of amides is 1. The maximum atomic E-state index is 12.5. The van der Waals surface area contributed by atoms with E-state index in [2.05, 4.69) is 9.97 Å². The smallest absolute Gasteiger partial charge is 0.253 e.